The zero-order valence-corrected chi connectivity index (χ0v) is 10.2. The second-order valence-electron chi connectivity index (χ2n) is 4.96. The van der Waals surface area contributed by atoms with Gasteiger partial charge in [0, 0.05) is 30.9 Å². The third kappa shape index (κ3) is 3.51. The molecule has 102 valence electrons. The summed E-state index contributed by atoms with van der Waals surface area (Å²) in [7, 11) is 0. The Morgan fingerprint density at radius 1 is 1.28 bits per heavy atom. The maximum absolute atomic E-state index is 12.1. The SMILES string of the molecule is OC1CCCCc2cn(CCCC(F)(F)F)cc21. The second-order valence-corrected chi connectivity index (χ2v) is 4.96. The number of rotatable bonds is 3. The molecule has 2 nitrogen and oxygen atoms in total. The van der Waals surface area contributed by atoms with Crippen molar-refractivity contribution in [3.63, 3.8) is 0 Å². The number of alkyl halides is 3. The van der Waals surface area contributed by atoms with Gasteiger partial charge in [-0.25, -0.2) is 0 Å². The molecule has 1 heterocycles. The molecule has 0 saturated carbocycles. The Morgan fingerprint density at radius 2 is 2.06 bits per heavy atom. The number of halogens is 3. The first-order chi connectivity index (χ1) is 8.46. The number of aliphatic hydroxyl groups excluding tert-OH is 1. The Bertz CT molecular complexity index is 397. The van der Waals surface area contributed by atoms with Crippen LogP contribution >= 0.6 is 0 Å². The molecular formula is C13H18F3NO. The van der Waals surface area contributed by atoms with Crippen LogP contribution in [0.25, 0.3) is 0 Å². The number of hydrogen-bond donors (Lipinski definition) is 1. The number of aryl methyl sites for hydroxylation is 2. The van der Waals surface area contributed by atoms with E-state index in [2.05, 4.69) is 0 Å². The van der Waals surface area contributed by atoms with Crippen LogP contribution in [0.1, 0.15) is 49.3 Å². The molecule has 1 aromatic heterocycles. The van der Waals surface area contributed by atoms with Crippen LogP contribution in [0.5, 0.6) is 0 Å². The van der Waals surface area contributed by atoms with Gasteiger partial charge in [0.2, 0.25) is 0 Å². The van der Waals surface area contributed by atoms with Crippen molar-refractivity contribution >= 4 is 0 Å². The van der Waals surface area contributed by atoms with Crippen molar-refractivity contribution in [1.29, 1.82) is 0 Å². The average molecular weight is 261 g/mol. The van der Waals surface area contributed by atoms with Crippen molar-refractivity contribution in [2.24, 2.45) is 0 Å². The monoisotopic (exact) mass is 261 g/mol. The lowest BCUT2D eigenvalue weighted by Crippen LogP contribution is -2.08. The maximum atomic E-state index is 12.1. The summed E-state index contributed by atoms with van der Waals surface area (Å²) < 4.78 is 37.9. The quantitative estimate of drug-likeness (QED) is 0.826. The highest BCUT2D eigenvalue weighted by Gasteiger charge is 2.26. The minimum atomic E-state index is -4.08. The van der Waals surface area contributed by atoms with Gasteiger partial charge in [0.25, 0.3) is 0 Å². The Balaban J connectivity index is 1.97. The molecule has 1 aliphatic carbocycles. The molecular weight excluding hydrogens is 243 g/mol. The minimum absolute atomic E-state index is 0.0904. The predicted octanol–water partition coefficient (Wildman–Crippen LogP) is 3.59. The molecule has 0 aliphatic heterocycles. The van der Waals surface area contributed by atoms with Crippen LogP contribution in [-0.2, 0) is 13.0 Å². The maximum Gasteiger partial charge on any atom is 0.389 e. The Morgan fingerprint density at radius 3 is 2.78 bits per heavy atom. The number of nitrogens with zero attached hydrogens (tertiary/aromatic N) is 1. The lowest BCUT2D eigenvalue weighted by molar-refractivity contribution is -0.135. The van der Waals surface area contributed by atoms with Crippen molar-refractivity contribution in [3.05, 3.63) is 23.5 Å². The van der Waals surface area contributed by atoms with Crippen molar-refractivity contribution in [3.8, 4) is 0 Å². The molecule has 2 rings (SSSR count). The van der Waals surface area contributed by atoms with E-state index < -0.39 is 18.7 Å². The summed E-state index contributed by atoms with van der Waals surface area (Å²) in [5, 5.41) is 9.92. The lowest BCUT2D eigenvalue weighted by Gasteiger charge is -2.07. The number of hydrogen-bond acceptors (Lipinski definition) is 1. The number of aliphatic hydroxyl groups is 1. The van der Waals surface area contributed by atoms with Crippen molar-refractivity contribution in [2.45, 2.75) is 57.3 Å². The van der Waals surface area contributed by atoms with Gasteiger partial charge in [-0.05, 0) is 31.2 Å². The van der Waals surface area contributed by atoms with Gasteiger partial charge in [-0.2, -0.15) is 13.2 Å². The Hall–Kier alpha value is -0.970. The third-order valence-electron chi connectivity index (χ3n) is 3.41. The first-order valence-corrected chi connectivity index (χ1v) is 6.39. The molecule has 18 heavy (non-hydrogen) atoms. The van der Waals surface area contributed by atoms with Crippen LogP contribution in [-0.4, -0.2) is 15.8 Å². The molecule has 1 aromatic rings. The summed E-state index contributed by atoms with van der Waals surface area (Å²) in [4.78, 5) is 0. The molecule has 0 saturated heterocycles. The van der Waals surface area contributed by atoms with Gasteiger partial charge >= 0.3 is 6.18 Å². The Kier molecular flexibility index (Phi) is 4.00. The van der Waals surface area contributed by atoms with E-state index in [-0.39, 0.29) is 6.42 Å². The van der Waals surface area contributed by atoms with Crippen molar-refractivity contribution in [2.75, 3.05) is 0 Å². The third-order valence-corrected chi connectivity index (χ3v) is 3.41. The van der Waals surface area contributed by atoms with Crippen LogP contribution in [0.3, 0.4) is 0 Å². The first kappa shape index (κ1) is 13.5. The smallest absolute Gasteiger partial charge is 0.388 e. The fourth-order valence-electron chi connectivity index (χ4n) is 2.48. The van der Waals surface area contributed by atoms with Crippen molar-refractivity contribution in [1.82, 2.24) is 4.57 Å². The van der Waals surface area contributed by atoms with E-state index in [0.29, 0.717) is 6.54 Å². The largest absolute Gasteiger partial charge is 0.389 e. The lowest BCUT2D eigenvalue weighted by atomic mass is 10.1. The van der Waals surface area contributed by atoms with Gasteiger partial charge in [-0.3, -0.25) is 0 Å². The van der Waals surface area contributed by atoms with Crippen LogP contribution in [0.15, 0.2) is 12.4 Å². The highest BCUT2D eigenvalue weighted by molar-refractivity contribution is 5.27. The topological polar surface area (TPSA) is 25.2 Å². The summed E-state index contributed by atoms with van der Waals surface area (Å²) in [5.41, 5.74) is 1.99. The van der Waals surface area contributed by atoms with Gasteiger partial charge in [0.05, 0.1) is 6.10 Å². The summed E-state index contributed by atoms with van der Waals surface area (Å²) in [6.07, 6.45) is 2.21. The van der Waals surface area contributed by atoms with Crippen LogP contribution in [0, 0.1) is 0 Å². The normalized spacial score (nSPS) is 20.6. The molecule has 0 amide bonds. The highest BCUT2D eigenvalue weighted by Crippen LogP contribution is 2.29. The Labute approximate surface area is 104 Å². The van der Waals surface area contributed by atoms with Crippen LogP contribution in [0.4, 0.5) is 13.2 Å². The summed E-state index contributed by atoms with van der Waals surface area (Å²) in [5.74, 6) is 0. The van der Waals surface area contributed by atoms with E-state index in [1.807, 2.05) is 12.4 Å². The zero-order valence-electron chi connectivity index (χ0n) is 10.2. The summed E-state index contributed by atoms with van der Waals surface area (Å²) in [6.45, 7) is 0.360. The van der Waals surface area contributed by atoms with Crippen LogP contribution < -0.4 is 0 Å². The van der Waals surface area contributed by atoms with E-state index in [1.54, 1.807) is 4.57 Å². The fourth-order valence-corrected chi connectivity index (χ4v) is 2.48. The molecule has 1 N–H and O–H groups in total. The van der Waals surface area contributed by atoms with E-state index in [1.165, 1.54) is 0 Å². The summed E-state index contributed by atoms with van der Waals surface area (Å²) in [6, 6.07) is 0. The van der Waals surface area contributed by atoms with Gasteiger partial charge in [0.15, 0.2) is 0 Å². The van der Waals surface area contributed by atoms with E-state index in [9.17, 15) is 18.3 Å². The summed E-state index contributed by atoms with van der Waals surface area (Å²) >= 11 is 0. The molecule has 1 unspecified atom stereocenters. The van der Waals surface area contributed by atoms with Gasteiger partial charge < -0.3 is 9.67 Å². The average Bonchev–Trinajstić information content (AvgIpc) is 2.58. The second kappa shape index (κ2) is 5.34. The molecule has 0 radical (unpaired) electrons. The molecule has 0 fully saturated rings. The van der Waals surface area contributed by atoms with E-state index >= 15 is 0 Å². The minimum Gasteiger partial charge on any atom is -0.388 e. The number of aromatic nitrogens is 1. The van der Waals surface area contributed by atoms with E-state index in [0.717, 1.165) is 36.8 Å². The molecule has 1 aliphatic rings. The fraction of sp³-hybridized carbons (Fsp3) is 0.692. The molecule has 1 atom stereocenters. The molecule has 0 bridgehead atoms. The number of fused-ring (bicyclic) bond motifs is 1. The van der Waals surface area contributed by atoms with Gasteiger partial charge in [-0.1, -0.05) is 6.42 Å². The van der Waals surface area contributed by atoms with Gasteiger partial charge in [-0.15, -0.1) is 0 Å². The standard InChI is InChI=1S/C13H18F3NO/c14-13(15,16)6-3-7-17-8-10-4-1-2-5-12(18)11(10)9-17/h8-9,12,18H,1-7H2. The van der Waals surface area contributed by atoms with Crippen molar-refractivity contribution < 1.29 is 18.3 Å². The highest BCUT2D eigenvalue weighted by atomic mass is 19.4. The predicted molar refractivity (Wildman–Crippen MR) is 62.2 cm³/mol. The first-order valence-electron chi connectivity index (χ1n) is 6.39. The molecule has 0 aromatic carbocycles. The molecule has 5 heteroatoms. The van der Waals surface area contributed by atoms with Crippen LogP contribution in [0.2, 0.25) is 0 Å². The molecule has 0 spiro atoms. The van der Waals surface area contributed by atoms with E-state index in [4.69, 9.17) is 0 Å². The zero-order chi connectivity index (χ0) is 13.2. The van der Waals surface area contributed by atoms with Gasteiger partial charge in [0.1, 0.15) is 0 Å².